The van der Waals surface area contributed by atoms with E-state index in [1.54, 1.807) is 30.3 Å². The Bertz CT molecular complexity index is 896. The lowest BCUT2D eigenvalue weighted by Crippen LogP contribution is -2.51. The zero-order valence-electron chi connectivity index (χ0n) is 15.5. The van der Waals surface area contributed by atoms with Crippen molar-refractivity contribution >= 4 is 33.3 Å². The van der Waals surface area contributed by atoms with Crippen LogP contribution in [0, 0.1) is 0 Å². The van der Waals surface area contributed by atoms with Crippen molar-refractivity contribution in [2.75, 3.05) is 44.2 Å². The highest BCUT2D eigenvalue weighted by atomic mass is 35.5. The predicted molar refractivity (Wildman–Crippen MR) is 113 cm³/mol. The molecule has 0 saturated carbocycles. The third-order valence-corrected chi connectivity index (χ3v) is 6.26. The van der Waals surface area contributed by atoms with E-state index in [4.69, 9.17) is 17.3 Å². The summed E-state index contributed by atoms with van der Waals surface area (Å²) in [4.78, 5) is 8.84. The number of sulfonamides is 1. The number of rotatable bonds is 6. The summed E-state index contributed by atoms with van der Waals surface area (Å²) in [5.74, 6) is 0.440. The van der Waals surface area contributed by atoms with E-state index in [1.807, 2.05) is 29.2 Å². The van der Waals surface area contributed by atoms with Crippen LogP contribution in [0.2, 0.25) is 5.02 Å². The lowest BCUT2D eigenvalue weighted by atomic mass is 10.2. The predicted octanol–water partition coefficient (Wildman–Crippen LogP) is 1.76. The van der Waals surface area contributed by atoms with Crippen molar-refractivity contribution in [2.45, 2.75) is 4.90 Å². The van der Waals surface area contributed by atoms with Crippen LogP contribution in [0.5, 0.6) is 0 Å². The Balaban J connectivity index is 1.45. The average molecular weight is 422 g/mol. The van der Waals surface area contributed by atoms with Crippen molar-refractivity contribution in [2.24, 2.45) is 10.7 Å². The largest absolute Gasteiger partial charge is 0.370 e. The number of nitrogens with zero attached hydrogens (tertiary/aromatic N) is 3. The topological polar surface area (TPSA) is 91.0 Å². The van der Waals surface area contributed by atoms with Gasteiger partial charge in [-0.15, -0.1) is 0 Å². The number of anilines is 1. The first kappa shape index (κ1) is 20.4. The fourth-order valence-corrected chi connectivity index (χ4v) is 4.15. The summed E-state index contributed by atoms with van der Waals surface area (Å²) >= 11 is 5.94. The standard InChI is InChI=1S/C19H24ClN5O2S/c20-16-6-8-17(9-7-16)24-12-14-25(15-13-24)19(21)22-10-11-23-28(26,27)18-4-2-1-3-5-18/h1-9,23H,10-15H2,(H2,21,22). The molecule has 1 aliphatic heterocycles. The molecule has 1 aliphatic rings. The van der Waals surface area contributed by atoms with E-state index in [-0.39, 0.29) is 18.0 Å². The van der Waals surface area contributed by atoms with E-state index >= 15 is 0 Å². The van der Waals surface area contributed by atoms with Gasteiger partial charge in [0.05, 0.1) is 11.4 Å². The van der Waals surface area contributed by atoms with Crippen molar-refractivity contribution in [1.29, 1.82) is 0 Å². The number of nitrogens with two attached hydrogens (primary N) is 1. The van der Waals surface area contributed by atoms with E-state index in [0.717, 1.165) is 36.9 Å². The Morgan fingerprint density at radius 1 is 1.04 bits per heavy atom. The van der Waals surface area contributed by atoms with Crippen molar-refractivity contribution in [3.8, 4) is 0 Å². The molecular weight excluding hydrogens is 398 g/mol. The Labute approximate surface area is 170 Å². The van der Waals surface area contributed by atoms with Gasteiger partial charge >= 0.3 is 0 Å². The Hall–Kier alpha value is -2.29. The monoisotopic (exact) mass is 421 g/mol. The summed E-state index contributed by atoms with van der Waals surface area (Å²) in [6, 6.07) is 16.0. The molecule has 9 heteroatoms. The number of aliphatic imine (C=N–C) groups is 1. The number of piperazine rings is 1. The van der Waals surface area contributed by atoms with Gasteiger partial charge in [-0.05, 0) is 36.4 Å². The first-order valence-corrected chi connectivity index (χ1v) is 10.9. The van der Waals surface area contributed by atoms with Gasteiger partial charge in [0.25, 0.3) is 0 Å². The maximum atomic E-state index is 12.2. The molecule has 28 heavy (non-hydrogen) atoms. The summed E-state index contributed by atoms with van der Waals surface area (Å²) in [5, 5.41) is 0.724. The number of benzene rings is 2. The second-order valence-electron chi connectivity index (χ2n) is 6.40. The normalized spacial score (nSPS) is 15.7. The van der Waals surface area contributed by atoms with E-state index in [2.05, 4.69) is 14.6 Å². The minimum absolute atomic E-state index is 0.197. The maximum Gasteiger partial charge on any atom is 0.240 e. The van der Waals surface area contributed by atoms with Crippen molar-refractivity contribution in [3.05, 3.63) is 59.6 Å². The summed E-state index contributed by atoms with van der Waals surface area (Å²) in [7, 11) is -3.51. The quantitative estimate of drug-likeness (QED) is 0.421. The molecule has 3 N–H and O–H groups in total. The van der Waals surface area contributed by atoms with Gasteiger partial charge in [-0.2, -0.15) is 0 Å². The molecule has 0 unspecified atom stereocenters. The first-order valence-electron chi connectivity index (χ1n) is 9.06. The lowest BCUT2D eigenvalue weighted by Gasteiger charge is -2.36. The minimum Gasteiger partial charge on any atom is -0.370 e. The van der Waals surface area contributed by atoms with Crippen LogP contribution in [0.1, 0.15) is 0 Å². The maximum absolute atomic E-state index is 12.2. The molecule has 0 bridgehead atoms. The molecule has 1 fully saturated rings. The van der Waals surface area contributed by atoms with Crippen molar-refractivity contribution < 1.29 is 8.42 Å². The molecule has 0 aliphatic carbocycles. The van der Waals surface area contributed by atoms with Crippen LogP contribution >= 0.6 is 11.6 Å². The molecule has 2 aromatic carbocycles. The zero-order valence-corrected chi connectivity index (χ0v) is 17.0. The number of nitrogens with one attached hydrogen (secondary N) is 1. The van der Waals surface area contributed by atoms with Crippen LogP contribution in [0.3, 0.4) is 0 Å². The van der Waals surface area contributed by atoms with E-state index < -0.39 is 10.0 Å². The lowest BCUT2D eigenvalue weighted by molar-refractivity contribution is 0.381. The molecule has 1 saturated heterocycles. The van der Waals surface area contributed by atoms with Crippen LogP contribution in [0.15, 0.2) is 64.5 Å². The van der Waals surface area contributed by atoms with Crippen LogP contribution in [0.4, 0.5) is 5.69 Å². The molecule has 0 spiro atoms. The molecule has 0 aromatic heterocycles. The number of halogens is 1. The molecule has 0 atom stereocenters. The van der Waals surface area contributed by atoms with Gasteiger partial charge in [-0.1, -0.05) is 29.8 Å². The molecule has 2 aromatic rings. The second-order valence-corrected chi connectivity index (χ2v) is 8.60. The number of hydrogen-bond donors (Lipinski definition) is 2. The Morgan fingerprint density at radius 2 is 1.68 bits per heavy atom. The SMILES string of the molecule is NC(=NCCNS(=O)(=O)c1ccccc1)N1CCN(c2ccc(Cl)cc2)CC1. The molecule has 3 rings (SSSR count). The third-order valence-electron chi connectivity index (χ3n) is 4.53. The van der Waals surface area contributed by atoms with E-state index in [9.17, 15) is 8.42 Å². The highest BCUT2D eigenvalue weighted by Crippen LogP contribution is 2.19. The van der Waals surface area contributed by atoms with Crippen LogP contribution in [0.25, 0.3) is 0 Å². The van der Waals surface area contributed by atoms with Crippen LogP contribution in [-0.2, 0) is 10.0 Å². The van der Waals surface area contributed by atoms with Gasteiger partial charge in [-0.3, -0.25) is 4.99 Å². The van der Waals surface area contributed by atoms with Gasteiger partial charge in [0, 0.05) is 43.4 Å². The molecule has 7 nitrogen and oxygen atoms in total. The van der Waals surface area contributed by atoms with E-state index in [0.29, 0.717) is 5.96 Å². The van der Waals surface area contributed by atoms with Gasteiger partial charge in [-0.25, -0.2) is 13.1 Å². The first-order chi connectivity index (χ1) is 13.5. The average Bonchev–Trinajstić information content (AvgIpc) is 2.72. The van der Waals surface area contributed by atoms with Crippen LogP contribution < -0.4 is 15.4 Å². The summed E-state index contributed by atoms with van der Waals surface area (Å²) in [5.41, 5.74) is 7.21. The number of hydrogen-bond acceptors (Lipinski definition) is 4. The highest BCUT2D eigenvalue weighted by Gasteiger charge is 2.18. The Morgan fingerprint density at radius 3 is 2.32 bits per heavy atom. The zero-order chi connectivity index (χ0) is 20.0. The molecule has 1 heterocycles. The van der Waals surface area contributed by atoms with Crippen molar-refractivity contribution in [3.63, 3.8) is 0 Å². The third kappa shape index (κ3) is 5.37. The summed E-state index contributed by atoms with van der Waals surface area (Å²) in [6.07, 6.45) is 0. The summed E-state index contributed by atoms with van der Waals surface area (Å²) < 4.78 is 26.8. The summed E-state index contributed by atoms with van der Waals surface area (Å²) in [6.45, 7) is 3.66. The second kappa shape index (κ2) is 9.27. The Kier molecular flexibility index (Phi) is 6.77. The van der Waals surface area contributed by atoms with Gasteiger partial charge in [0.2, 0.25) is 10.0 Å². The number of guanidine groups is 1. The molecule has 150 valence electrons. The highest BCUT2D eigenvalue weighted by molar-refractivity contribution is 7.89. The van der Waals surface area contributed by atoms with Gasteiger partial charge in [0.1, 0.15) is 0 Å². The van der Waals surface area contributed by atoms with Crippen molar-refractivity contribution in [1.82, 2.24) is 9.62 Å². The fourth-order valence-electron chi connectivity index (χ4n) is 2.98. The molecule has 0 radical (unpaired) electrons. The minimum atomic E-state index is -3.51. The van der Waals surface area contributed by atoms with Gasteiger partial charge < -0.3 is 15.5 Å². The van der Waals surface area contributed by atoms with Gasteiger partial charge in [0.15, 0.2) is 5.96 Å². The van der Waals surface area contributed by atoms with Crippen LogP contribution in [-0.4, -0.2) is 58.5 Å². The fraction of sp³-hybridized carbons (Fsp3) is 0.316. The molecular formula is C19H24ClN5O2S. The smallest absolute Gasteiger partial charge is 0.240 e. The van der Waals surface area contributed by atoms with E-state index in [1.165, 1.54) is 0 Å². The molecule has 0 amide bonds.